The molecule has 0 bridgehead atoms. The summed E-state index contributed by atoms with van der Waals surface area (Å²) in [6, 6.07) is 11.9. The molecule has 20 heavy (non-hydrogen) atoms. The van der Waals surface area contributed by atoms with Gasteiger partial charge in [-0.2, -0.15) is 0 Å². The van der Waals surface area contributed by atoms with Gasteiger partial charge in [0, 0.05) is 29.8 Å². The number of benzene rings is 1. The zero-order chi connectivity index (χ0) is 13.9. The molecule has 0 aliphatic rings. The zero-order valence-corrected chi connectivity index (χ0v) is 11.2. The molecular formula is C17H14N2O. The second-order valence-corrected chi connectivity index (χ2v) is 4.37. The van der Waals surface area contributed by atoms with E-state index in [9.17, 15) is 0 Å². The van der Waals surface area contributed by atoms with E-state index >= 15 is 0 Å². The highest BCUT2D eigenvalue weighted by molar-refractivity contribution is 6.01. The number of fused-ring (bicyclic) bond motifs is 1. The summed E-state index contributed by atoms with van der Waals surface area (Å²) in [6.07, 6.45) is 5.28. The number of hydrogen-bond donors (Lipinski definition) is 0. The Bertz CT molecular complexity index is 785. The van der Waals surface area contributed by atoms with Crippen molar-refractivity contribution >= 4 is 23.3 Å². The molecular weight excluding hydrogens is 248 g/mol. The van der Waals surface area contributed by atoms with Crippen LogP contribution in [0.25, 0.3) is 28.3 Å². The monoisotopic (exact) mass is 262 g/mol. The fourth-order valence-electron chi connectivity index (χ4n) is 2.30. The van der Waals surface area contributed by atoms with Crippen LogP contribution in [-0.4, -0.2) is 18.2 Å². The van der Waals surface area contributed by atoms with Crippen LogP contribution in [0.1, 0.15) is 11.3 Å². The summed E-state index contributed by atoms with van der Waals surface area (Å²) in [5.74, 6) is 0.723. The number of aliphatic imine (C=N–C) groups is 1. The molecule has 0 saturated heterocycles. The van der Waals surface area contributed by atoms with E-state index in [-0.39, 0.29) is 0 Å². The van der Waals surface area contributed by atoms with Gasteiger partial charge in [-0.25, -0.2) is 0 Å². The molecule has 3 heteroatoms. The van der Waals surface area contributed by atoms with Crippen molar-refractivity contribution in [3.05, 3.63) is 60.5 Å². The van der Waals surface area contributed by atoms with Crippen molar-refractivity contribution in [1.29, 1.82) is 0 Å². The first-order chi connectivity index (χ1) is 9.85. The molecule has 0 aliphatic carbocycles. The van der Waals surface area contributed by atoms with Gasteiger partial charge in [0.25, 0.3) is 0 Å². The van der Waals surface area contributed by atoms with Crippen molar-refractivity contribution in [1.82, 2.24) is 4.98 Å². The summed E-state index contributed by atoms with van der Waals surface area (Å²) >= 11 is 0. The van der Waals surface area contributed by atoms with Gasteiger partial charge >= 0.3 is 0 Å². The quantitative estimate of drug-likeness (QED) is 0.664. The average Bonchev–Trinajstić information content (AvgIpc) is 2.85. The predicted molar refractivity (Wildman–Crippen MR) is 83.1 cm³/mol. The molecule has 0 amide bonds. The number of nitrogens with zero attached hydrogens (tertiary/aromatic N) is 2. The Morgan fingerprint density at radius 2 is 2.10 bits per heavy atom. The summed E-state index contributed by atoms with van der Waals surface area (Å²) < 4.78 is 5.96. The summed E-state index contributed by atoms with van der Waals surface area (Å²) in [7, 11) is 1.72. The van der Waals surface area contributed by atoms with Crippen molar-refractivity contribution < 1.29 is 4.42 Å². The number of para-hydroxylation sites is 1. The van der Waals surface area contributed by atoms with Gasteiger partial charge in [0.1, 0.15) is 5.58 Å². The lowest BCUT2D eigenvalue weighted by atomic mass is 10.1. The first-order valence-electron chi connectivity index (χ1n) is 6.36. The van der Waals surface area contributed by atoms with Gasteiger partial charge in [-0.05, 0) is 18.2 Å². The predicted octanol–water partition coefficient (Wildman–Crippen LogP) is 4.19. The van der Waals surface area contributed by atoms with Crippen LogP contribution in [0.4, 0.5) is 0 Å². The number of rotatable bonds is 3. The number of furan rings is 1. The van der Waals surface area contributed by atoms with Gasteiger partial charge in [-0.1, -0.05) is 30.9 Å². The van der Waals surface area contributed by atoms with E-state index in [0.29, 0.717) is 0 Å². The van der Waals surface area contributed by atoms with Gasteiger partial charge < -0.3 is 4.42 Å². The second-order valence-electron chi connectivity index (χ2n) is 4.37. The summed E-state index contributed by atoms with van der Waals surface area (Å²) in [4.78, 5) is 8.42. The molecule has 0 aliphatic heterocycles. The topological polar surface area (TPSA) is 38.4 Å². The van der Waals surface area contributed by atoms with E-state index in [2.05, 4.69) is 16.6 Å². The third kappa shape index (κ3) is 1.93. The summed E-state index contributed by atoms with van der Waals surface area (Å²) in [5, 5.41) is 1.03. The van der Waals surface area contributed by atoms with Crippen LogP contribution >= 0.6 is 0 Å². The molecule has 0 fully saturated rings. The van der Waals surface area contributed by atoms with Crippen LogP contribution in [0.5, 0.6) is 0 Å². The maximum absolute atomic E-state index is 5.96. The summed E-state index contributed by atoms with van der Waals surface area (Å²) in [5.41, 5.74) is 3.64. The smallest absolute Gasteiger partial charge is 0.153 e. The Morgan fingerprint density at radius 3 is 2.80 bits per heavy atom. The fourth-order valence-corrected chi connectivity index (χ4v) is 2.30. The van der Waals surface area contributed by atoms with Crippen LogP contribution in [0, 0.1) is 0 Å². The third-order valence-electron chi connectivity index (χ3n) is 3.17. The molecule has 0 radical (unpaired) electrons. The van der Waals surface area contributed by atoms with Gasteiger partial charge in [0.2, 0.25) is 0 Å². The van der Waals surface area contributed by atoms with Crippen molar-refractivity contribution in [3.8, 4) is 11.3 Å². The first-order valence-corrected chi connectivity index (χ1v) is 6.36. The molecule has 0 spiro atoms. The van der Waals surface area contributed by atoms with Crippen LogP contribution < -0.4 is 0 Å². The minimum Gasteiger partial charge on any atom is -0.454 e. The van der Waals surface area contributed by atoms with Crippen molar-refractivity contribution in [2.45, 2.75) is 0 Å². The maximum Gasteiger partial charge on any atom is 0.153 e. The Labute approximate surface area is 117 Å². The molecule has 2 aromatic heterocycles. The highest BCUT2D eigenvalue weighted by Gasteiger charge is 2.14. The van der Waals surface area contributed by atoms with Crippen LogP contribution in [-0.2, 0) is 0 Å². The van der Waals surface area contributed by atoms with Gasteiger partial charge in [-0.3, -0.25) is 9.98 Å². The van der Waals surface area contributed by atoms with Crippen LogP contribution in [0.3, 0.4) is 0 Å². The average molecular weight is 262 g/mol. The minimum absolute atomic E-state index is 0.723. The van der Waals surface area contributed by atoms with E-state index in [1.807, 2.05) is 36.4 Å². The van der Waals surface area contributed by atoms with E-state index in [0.717, 1.165) is 33.6 Å². The highest BCUT2D eigenvalue weighted by atomic mass is 16.3. The molecule has 3 nitrogen and oxygen atoms in total. The lowest BCUT2D eigenvalue weighted by Gasteiger charge is -2.00. The second kappa shape index (κ2) is 5.13. The van der Waals surface area contributed by atoms with Gasteiger partial charge in [-0.15, -0.1) is 0 Å². The number of hydrogen-bond acceptors (Lipinski definition) is 3. The Morgan fingerprint density at radius 1 is 1.20 bits per heavy atom. The van der Waals surface area contributed by atoms with Crippen molar-refractivity contribution in [2.24, 2.45) is 4.99 Å². The van der Waals surface area contributed by atoms with Crippen LogP contribution in [0.15, 0.2) is 58.6 Å². The Balaban J connectivity index is 2.33. The molecule has 2 heterocycles. The Kier molecular flexibility index (Phi) is 3.17. The number of pyridine rings is 1. The van der Waals surface area contributed by atoms with Gasteiger partial charge in [0.15, 0.2) is 5.76 Å². The van der Waals surface area contributed by atoms with Gasteiger partial charge in [0.05, 0.1) is 11.9 Å². The molecule has 0 unspecified atom stereocenters. The van der Waals surface area contributed by atoms with Crippen molar-refractivity contribution in [2.75, 3.05) is 7.05 Å². The standard InChI is InChI=1S/C17H14N2O/c1-3-12-13-7-6-8-14(15-9-4-5-10-19-15)17(13)20-16(12)11-18-2/h3-11H,1H2,2H3/b18-11-. The molecule has 0 saturated carbocycles. The van der Waals surface area contributed by atoms with Crippen LogP contribution in [0.2, 0.25) is 0 Å². The maximum atomic E-state index is 5.96. The van der Waals surface area contributed by atoms with E-state index in [1.54, 1.807) is 25.5 Å². The van der Waals surface area contributed by atoms with E-state index in [1.165, 1.54) is 0 Å². The SMILES string of the molecule is C=Cc1c(/C=N\C)oc2c(-c3ccccn3)cccc12. The molecule has 3 rings (SSSR count). The highest BCUT2D eigenvalue weighted by Crippen LogP contribution is 2.33. The third-order valence-corrected chi connectivity index (χ3v) is 3.17. The molecule has 3 aromatic rings. The molecule has 0 N–H and O–H groups in total. The molecule has 1 aromatic carbocycles. The van der Waals surface area contributed by atoms with E-state index in [4.69, 9.17) is 4.42 Å². The molecule has 98 valence electrons. The number of aromatic nitrogens is 1. The summed E-state index contributed by atoms with van der Waals surface area (Å²) in [6.45, 7) is 3.86. The Hall–Kier alpha value is -2.68. The largest absolute Gasteiger partial charge is 0.454 e. The first kappa shape index (κ1) is 12.4. The lowest BCUT2D eigenvalue weighted by Crippen LogP contribution is -1.82. The molecule has 0 atom stereocenters. The lowest BCUT2D eigenvalue weighted by molar-refractivity contribution is 0.608. The fraction of sp³-hybridized carbons (Fsp3) is 0.0588. The zero-order valence-electron chi connectivity index (χ0n) is 11.2. The van der Waals surface area contributed by atoms with Crippen molar-refractivity contribution in [3.63, 3.8) is 0 Å². The minimum atomic E-state index is 0.723. The van der Waals surface area contributed by atoms with E-state index < -0.39 is 0 Å². The normalized spacial score (nSPS) is 11.2.